The van der Waals surface area contributed by atoms with Crippen LogP contribution in [-0.4, -0.2) is 36.0 Å². The van der Waals surface area contributed by atoms with Gasteiger partial charge in [0, 0.05) is 18.7 Å². The molecule has 0 aliphatic rings. The van der Waals surface area contributed by atoms with Gasteiger partial charge in [-0.2, -0.15) is 11.8 Å². The minimum absolute atomic E-state index is 0.423. The van der Waals surface area contributed by atoms with E-state index in [4.69, 9.17) is 4.42 Å². The maximum atomic E-state index is 5.82. The Bertz CT molecular complexity index is 652. The Morgan fingerprint density at radius 1 is 1.20 bits per heavy atom. The number of oxazole rings is 1. The van der Waals surface area contributed by atoms with Gasteiger partial charge in [-0.15, -0.1) is 0 Å². The average Bonchev–Trinajstić information content (AvgIpc) is 3.09. The number of aliphatic imine (C=N–C) groups is 1. The second kappa shape index (κ2) is 10.8. The molecule has 2 rings (SSSR count). The van der Waals surface area contributed by atoms with Crippen LogP contribution in [0.3, 0.4) is 0 Å². The van der Waals surface area contributed by atoms with E-state index in [1.807, 2.05) is 23.9 Å². The number of hydrogen-bond donors (Lipinski definition) is 2. The summed E-state index contributed by atoms with van der Waals surface area (Å²) < 4.78 is 5.82. The van der Waals surface area contributed by atoms with Crippen LogP contribution in [0.25, 0.3) is 11.3 Å². The lowest BCUT2D eigenvalue weighted by Gasteiger charge is -2.10. The third-order valence-corrected chi connectivity index (χ3v) is 4.37. The number of nitrogens with one attached hydrogen (secondary N) is 2. The van der Waals surface area contributed by atoms with E-state index in [-0.39, 0.29) is 0 Å². The highest BCUT2D eigenvalue weighted by Gasteiger charge is 2.06. The second-order valence-corrected chi connectivity index (χ2v) is 6.79. The minimum Gasteiger partial charge on any atom is -0.439 e. The molecular formula is C19H28N4OS. The maximum absolute atomic E-state index is 5.82. The van der Waals surface area contributed by atoms with Crippen LogP contribution in [0.1, 0.15) is 31.2 Å². The third-order valence-electron chi connectivity index (χ3n) is 3.67. The second-order valence-electron chi connectivity index (χ2n) is 5.81. The molecule has 0 radical (unpaired) electrons. The van der Waals surface area contributed by atoms with E-state index in [2.05, 4.69) is 52.8 Å². The standard InChI is InChI=1S/C19H28N4OS/c1-4-20-19(21-11-5-6-12-25-3)23-14-18-22-13-17(24-18)16-9-7-15(2)8-10-16/h7-10,13H,4-6,11-12,14H2,1-3H3,(H2,20,21,23). The normalized spacial score (nSPS) is 11.6. The summed E-state index contributed by atoms with van der Waals surface area (Å²) in [6, 6.07) is 8.23. The highest BCUT2D eigenvalue weighted by molar-refractivity contribution is 7.98. The van der Waals surface area contributed by atoms with Crippen molar-refractivity contribution in [2.45, 2.75) is 33.2 Å². The van der Waals surface area contributed by atoms with E-state index < -0.39 is 0 Å². The zero-order valence-electron chi connectivity index (χ0n) is 15.3. The Morgan fingerprint density at radius 2 is 2.00 bits per heavy atom. The lowest BCUT2D eigenvalue weighted by molar-refractivity contribution is 0.509. The Hall–Kier alpha value is -1.95. The summed E-state index contributed by atoms with van der Waals surface area (Å²) in [5.41, 5.74) is 2.26. The van der Waals surface area contributed by atoms with Crippen LogP contribution >= 0.6 is 11.8 Å². The van der Waals surface area contributed by atoms with Crippen LogP contribution in [0, 0.1) is 6.92 Å². The van der Waals surface area contributed by atoms with Crippen LogP contribution in [0.2, 0.25) is 0 Å². The first kappa shape index (κ1) is 19.4. The highest BCUT2D eigenvalue weighted by atomic mass is 32.2. The summed E-state index contributed by atoms with van der Waals surface area (Å²) in [6.45, 7) is 6.31. The van der Waals surface area contributed by atoms with Crippen LogP contribution in [0.5, 0.6) is 0 Å². The molecule has 0 spiro atoms. The summed E-state index contributed by atoms with van der Waals surface area (Å²) in [5.74, 6) is 3.41. The van der Waals surface area contributed by atoms with Gasteiger partial charge in [-0.25, -0.2) is 9.98 Å². The van der Waals surface area contributed by atoms with Crippen molar-refractivity contribution in [2.24, 2.45) is 4.99 Å². The van der Waals surface area contributed by atoms with Gasteiger partial charge in [0.2, 0.25) is 5.89 Å². The van der Waals surface area contributed by atoms with E-state index in [0.29, 0.717) is 12.4 Å². The van der Waals surface area contributed by atoms with Gasteiger partial charge in [0.05, 0.1) is 6.20 Å². The van der Waals surface area contributed by atoms with E-state index in [1.165, 1.54) is 17.7 Å². The number of thioether (sulfide) groups is 1. The Balaban J connectivity index is 1.90. The third kappa shape index (κ3) is 6.82. The lowest BCUT2D eigenvalue weighted by atomic mass is 10.1. The molecule has 2 N–H and O–H groups in total. The monoisotopic (exact) mass is 360 g/mol. The summed E-state index contributed by atoms with van der Waals surface area (Å²) in [6.07, 6.45) is 6.26. The molecule has 0 unspecified atom stereocenters. The number of guanidine groups is 1. The minimum atomic E-state index is 0.423. The zero-order valence-corrected chi connectivity index (χ0v) is 16.2. The Morgan fingerprint density at radius 3 is 2.72 bits per heavy atom. The number of hydrogen-bond acceptors (Lipinski definition) is 4. The van der Waals surface area contributed by atoms with Gasteiger partial charge in [0.15, 0.2) is 11.7 Å². The van der Waals surface area contributed by atoms with Gasteiger partial charge in [-0.3, -0.25) is 0 Å². The molecule has 6 heteroatoms. The molecule has 1 aromatic heterocycles. The number of unbranched alkanes of at least 4 members (excludes halogenated alkanes) is 1. The smallest absolute Gasteiger partial charge is 0.216 e. The van der Waals surface area contributed by atoms with Crippen LogP contribution in [0.4, 0.5) is 0 Å². The number of aryl methyl sites for hydroxylation is 1. The summed E-state index contributed by atoms with van der Waals surface area (Å²) >= 11 is 1.89. The van der Waals surface area contributed by atoms with Crippen molar-refractivity contribution < 1.29 is 4.42 Å². The predicted molar refractivity (Wildman–Crippen MR) is 107 cm³/mol. The first-order valence-electron chi connectivity index (χ1n) is 8.75. The first-order valence-corrected chi connectivity index (χ1v) is 10.1. The molecule has 0 saturated carbocycles. The van der Waals surface area contributed by atoms with Crippen molar-refractivity contribution in [1.29, 1.82) is 0 Å². The Labute approximate surface area is 154 Å². The number of rotatable bonds is 9. The topological polar surface area (TPSA) is 62.5 Å². The van der Waals surface area contributed by atoms with E-state index in [1.54, 1.807) is 6.20 Å². The summed E-state index contributed by atoms with van der Waals surface area (Å²) in [7, 11) is 0. The molecule has 1 heterocycles. The van der Waals surface area contributed by atoms with E-state index in [9.17, 15) is 0 Å². The molecular weight excluding hydrogens is 332 g/mol. The molecule has 25 heavy (non-hydrogen) atoms. The van der Waals surface area contributed by atoms with Crippen LogP contribution in [0.15, 0.2) is 39.9 Å². The van der Waals surface area contributed by atoms with Crippen LogP contribution in [-0.2, 0) is 6.54 Å². The van der Waals surface area contributed by atoms with E-state index >= 15 is 0 Å². The van der Waals surface area contributed by atoms with Crippen molar-refractivity contribution in [3.05, 3.63) is 41.9 Å². The van der Waals surface area contributed by atoms with Gasteiger partial charge in [-0.05, 0) is 38.7 Å². The van der Waals surface area contributed by atoms with Crippen molar-refractivity contribution in [1.82, 2.24) is 15.6 Å². The van der Waals surface area contributed by atoms with E-state index in [0.717, 1.165) is 36.8 Å². The fraction of sp³-hybridized carbons (Fsp3) is 0.474. The molecule has 2 aromatic rings. The van der Waals surface area contributed by atoms with Gasteiger partial charge in [0.25, 0.3) is 0 Å². The maximum Gasteiger partial charge on any atom is 0.216 e. The molecule has 0 bridgehead atoms. The SMILES string of the molecule is CCNC(=NCc1ncc(-c2ccc(C)cc2)o1)NCCCCSC. The fourth-order valence-corrected chi connectivity index (χ4v) is 2.79. The highest BCUT2D eigenvalue weighted by Crippen LogP contribution is 2.20. The lowest BCUT2D eigenvalue weighted by Crippen LogP contribution is -2.37. The average molecular weight is 361 g/mol. The van der Waals surface area contributed by atoms with Crippen molar-refractivity contribution >= 4 is 17.7 Å². The molecule has 136 valence electrons. The molecule has 1 aromatic carbocycles. The largest absolute Gasteiger partial charge is 0.439 e. The van der Waals surface area contributed by atoms with Gasteiger partial charge in [0.1, 0.15) is 6.54 Å². The summed E-state index contributed by atoms with van der Waals surface area (Å²) in [4.78, 5) is 8.89. The zero-order chi connectivity index (χ0) is 17.9. The molecule has 5 nitrogen and oxygen atoms in total. The Kier molecular flexibility index (Phi) is 8.39. The molecule has 0 saturated heterocycles. The van der Waals surface area contributed by atoms with Gasteiger partial charge >= 0.3 is 0 Å². The van der Waals surface area contributed by atoms with Gasteiger partial charge < -0.3 is 15.1 Å². The molecule has 0 aliphatic heterocycles. The van der Waals surface area contributed by atoms with Crippen molar-refractivity contribution in [3.63, 3.8) is 0 Å². The fourth-order valence-electron chi connectivity index (χ4n) is 2.30. The quantitative estimate of drug-likeness (QED) is 0.404. The molecule has 0 aliphatic carbocycles. The number of nitrogens with zero attached hydrogens (tertiary/aromatic N) is 2. The molecule has 0 amide bonds. The number of benzene rings is 1. The molecule has 0 atom stereocenters. The molecule has 0 fully saturated rings. The van der Waals surface area contributed by atoms with Crippen molar-refractivity contribution in [2.75, 3.05) is 25.1 Å². The summed E-state index contributed by atoms with van der Waals surface area (Å²) in [5, 5.41) is 6.61. The number of aromatic nitrogens is 1. The van der Waals surface area contributed by atoms with Crippen LogP contribution < -0.4 is 10.6 Å². The predicted octanol–water partition coefficient (Wildman–Crippen LogP) is 3.85. The first-order chi connectivity index (χ1) is 12.2. The van der Waals surface area contributed by atoms with Gasteiger partial charge in [-0.1, -0.05) is 29.8 Å². The van der Waals surface area contributed by atoms with Crippen molar-refractivity contribution in [3.8, 4) is 11.3 Å².